The molecule has 0 aliphatic rings. The van der Waals surface area contributed by atoms with Gasteiger partial charge in [-0.25, -0.2) is 9.97 Å². The molecule has 2 rings (SSSR count). The number of nitrogens with zero attached hydrogens (tertiary/aromatic N) is 3. The van der Waals surface area contributed by atoms with Gasteiger partial charge in [0.05, 0.1) is 0 Å². The fourth-order valence-corrected chi connectivity index (χ4v) is 2.42. The Morgan fingerprint density at radius 2 is 1.87 bits per heavy atom. The molecule has 122 valence electrons. The van der Waals surface area contributed by atoms with E-state index >= 15 is 0 Å². The quantitative estimate of drug-likeness (QED) is 0.761. The smallest absolute Gasteiger partial charge is 0.270 e. The second-order valence-corrected chi connectivity index (χ2v) is 5.28. The van der Waals surface area contributed by atoms with Crippen LogP contribution in [0.2, 0.25) is 0 Å². The second-order valence-electron chi connectivity index (χ2n) is 5.28. The number of amides is 1. The first kappa shape index (κ1) is 16.9. The van der Waals surface area contributed by atoms with Gasteiger partial charge in [0.2, 0.25) is 0 Å². The lowest BCUT2D eigenvalue weighted by molar-refractivity contribution is 0.0948. The summed E-state index contributed by atoms with van der Waals surface area (Å²) in [7, 11) is 0. The maximum atomic E-state index is 12.2. The van der Waals surface area contributed by atoms with Crippen molar-refractivity contribution in [2.24, 2.45) is 0 Å². The zero-order valence-electron chi connectivity index (χ0n) is 13.8. The van der Waals surface area contributed by atoms with E-state index in [1.807, 2.05) is 18.2 Å². The van der Waals surface area contributed by atoms with E-state index in [4.69, 9.17) is 0 Å². The lowest BCUT2D eigenvalue weighted by Crippen LogP contribution is -2.27. The third-order valence-corrected chi connectivity index (χ3v) is 3.74. The van der Waals surface area contributed by atoms with Gasteiger partial charge in [-0.2, -0.15) is 0 Å². The van der Waals surface area contributed by atoms with Crippen LogP contribution in [0.25, 0.3) is 0 Å². The summed E-state index contributed by atoms with van der Waals surface area (Å²) in [5.41, 5.74) is 1.70. The highest BCUT2D eigenvalue weighted by atomic mass is 16.1. The predicted molar refractivity (Wildman–Crippen MR) is 92.7 cm³/mol. The maximum absolute atomic E-state index is 12.2. The molecule has 1 aromatic heterocycles. The monoisotopic (exact) mass is 312 g/mol. The molecule has 1 amide bonds. The van der Waals surface area contributed by atoms with E-state index in [9.17, 15) is 4.79 Å². The van der Waals surface area contributed by atoms with Crippen molar-refractivity contribution in [3.05, 3.63) is 54.0 Å². The van der Waals surface area contributed by atoms with E-state index in [-0.39, 0.29) is 5.91 Å². The molecule has 2 aromatic rings. The molecule has 0 atom stereocenters. The number of nitrogens with one attached hydrogen (secondary N) is 1. The summed E-state index contributed by atoms with van der Waals surface area (Å²) < 4.78 is 0. The van der Waals surface area contributed by atoms with Crippen molar-refractivity contribution in [2.45, 2.75) is 26.7 Å². The van der Waals surface area contributed by atoms with Gasteiger partial charge in [0.25, 0.3) is 5.91 Å². The van der Waals surface area contributed by atoms with Crippen LogP contribution in [0.4, 0.5) is 5.82 Å². The Hall–Kier alpha value is -2.43. The van der Waals surface area contributed by atoms with Crippen LogP contribution in [0, 0.1) is 0 Å². The van der Waals surface area contributed by atoms with Crippen LogP contribution >= 0.6 is 0 Å². The van der Waals surface area contributed by atoms with E-state index < -0.39 is 0 Å². The van der Waals surface area contributed by atoms with E-state index in [0.717, 1.165) is 31.7 Å². The van der Waals surface area contributed by atoms with E-state index in [1.54, 1.807) is 6.07 Å². The molecule has 0 spiro atoms. The first-order valence-corrected chi connectivity index (χ1v) is 8.13. The molecule has 0 saturated heterocycles. The van der Waals surface area contributed by atoms with Crippen LogP contribution in [0.1, 0.15) is 36.3 Å². The number of aromatic nitrogens is 2. The average Bonchev–Trinajstić information content (AvgIpc) is 2.61. The molecule has 1 heterocycles. The van der Waals surface area contributed by atoms with Crippen molar-refractivity contribution >= 4 is 11.7 Å². The topological polar surface area (TPSA) is 58.1 Å². The van der Waals surface area contributed by atoms with Crippen molar-refractivity contribution in [3.63, 3.8) is 0 Å². The van der Waals surface area contributed by atoms with Crippen molar-refractivity contribution in [1.82, 2.24) is 15.3 Å². The maximum Gasteiger partial charge on any atom is 0.270 e. The summed E-state index contributed by atoms with van der Waals surface area (Å²) in [5.74, 6) is 0.647. The molecular weight excluding hydrogens is 288 g/mol. The lowest BCUT2D eigenvalue weighted by atomic mass is 10.1. The first-order valence-electron chi connectivity index (χ1n) is 8.13. The van der Waals surface area contributed by atoms with Crippen molar-refractivity contribution in [1.29, 1.82) is 0 Å². The molecule has 0 fully saturated rings. The number of carbonyl (C=O) groups is 1. The Kier molecular flexibility index (Phi) is 6.54. The standard InChI is InChI=1S/C18H24N4O/c1-3-22(4-2)17-13-16(20-14-21-17)18(23)19-12-8-11-15-9-6-5-7-10-15/h5-7,9-10,13-14H,3-4,8,11-12H2,1-2H3,(H,19,23). The van der Waals surface area contributed by atoms with Gasteiger partial charge in [-0.05, 0) is 32.3 Å². The molecule has 0 aliphatic heterocycles. The Morgan fingerprint density at radius 1 is 1.13 bits per heavy atom. The number of benzene rings is 1. The van der Waals surface area contributed by atoms with Crippen LogP contribution in [-0.4, -0.2) is 35.5 Å². The molecule has 1 aromatic carbocycles. The Morgan fingerprint density at radius 3 is 2.57 bits per heavy atom. The normalized spacial score (nSPS) is 10.3. The highest BCUT2D eigenvalue weighted by Gasteiger charge is 2.10. The van der Waals surface area contributed by atoms with E-state index in [1.165, 1.54) is 11.9 Å². The van der Waals surface area contributed by atoms with Crippen molar-refractivity contribution in [2.75, 3.05) is 24.5 Å². The molecule has 0 unspecified atom stereocenters. The Bertz CT molecular complexity index is 611. The molecule has 5 nitrogen and oxygen atoms in total. The summed E-state index contributed by atoms with van der Waals surface area (Å²) in [6.45, 7) is 6.47. The average molecular weight is 312 g/mol. The third kappa shape index (κ3) is 5.06. The number of hydrogen-bond donors (Lipinski definition) is 1. The number of carbonyl (C=O) groups excluding carboxylic acids is 1. The summed E-state index contributed by atoms with van der Waals surface area (Å²) in [5, 5.41) is 2.92. The van der Waals surface area contributed by atoms with Gasteiger partial charge in [-0.3, -0.25) is 4.79 Å². The Labute approximate surface area is 137 Å². The summed E-state index contributed by atoms with van der Waals surface area (Å²) in [6, 6.07) is 12.0. The molecule has 23 heavy (non-hydrogen) atoms. The van der Waals surface area contributed by atoms with Gasteiger partial charge in [0.15, 0.2) is 0 Å². The zero-order chi connectivity index (χ0) is 16.5. The van der Waals surface area contributed by atoms with Crippen LogP contribution in [0.5, 0.6) is 0 Å². The SMILES string of the molecule is CCN(CC)c1cc(C(=O)NCCCc2ccccc2)ncn1. The fourth-order valence-electron chi connectivity index (χ4n) is 2.42. The minimum Gasteiger partial charge on any atom is -0.357 e. The van der Waals surface area contributed by atoms with Crippen LogP contribution in [0.3, 0.4) is 0 Å². The van der Waals surface area contributed by atoms with Crippen LogP contribution in [0.15, 0.2) is 42.7 Å². The highest BCUT2D eigenvalue weighted by Crippen LogP contribution is 2.10. The van der Waals surface area contributed by atoms with Gasteiger partial charge in [-0.1, -0.05) is 30.3 Å². The minimum atomic E-state index is -0.145. The Balaban J connectivity index is 1.84. The number of rotatable bonds is 8. The van der Waals surface area contributed by atoms with Crippen LogP contribution in [-0.2, 0) is 6.42 Å². The number of anilines is 1. The molecule has 0 bridgehead atoms. The van der Waals surface area contributed by atoms with Gasteiger partial charge >= 0.3 is 0 Å². The van der Waals surface area contributed by atoms with Gasteiger partial charge in [-0.15, -0.1) is 0 Å². The minimum absolute atomic E-state index is 0.145. The molecule has 5 heteroatoms. The zero-order valence-corrected chi connectivity index (χ0v) is 13.8. The van der Waals surface area contributed by atoms with E-state index in [2.05, 4.69) is 46.2 Å². The highest BCUT2D eigenvalue weighted by molar-refractivity contribution is 5.92. The molecule has 0 radical (unpaired) electrons. The molecule has 0 saturated carbocycles. The van der Waals surface area contributed by atoms with E-state index in [0.29, 0.717) is 12.2 Å². The van der Waals surface area contributed by atoms with Gasteiger partial charge in [0.1, 0.15) is 17.8 Å². The second kappa shape index (κ2) is 8.88. The summed E-state index contributed by atoms with van der Waals surface area (Å²) in [6.07, 6.45) is 3.31. The van der Waals surface area contributed by atoms with Gasteiger partial charge in [0, 0.05) is 25.7 Å². The summed E-state index contributed by atoms with van der Waals surface area (Å²) >= 11 is 0. The van der Waals surface area contributed by atoms with Gasteiger partial charge < -0.3 is 10.2 Å². The molecular formula is C18H24N4O. The van der Waals surface area contributed by atoms with Crippen LogP contribution < -0.4 is 10.2 Å². The molecule has 0 aliphatic carbocycles. The summed E-state index contributed by atoms with van der Waals surface area (Å²) in [4.78, 5) is 22.6. The number of aryl methyl sites for hydroxylation is 1. The number of hydrogen-bond acceptors (Lipinski definition) is 4. The van der Waals surface area contributed by atoms with Crippen molar-refractivity contribution < 1.29 is 4.79 Å². The largest absolute Gasteiger partial charge is 0.357 e. The first-order chi connectivity index (χ1) is 11.2. The third-order valence-electron chi connectivity index (χ3n) is 3.74. The fraction of sp³-hybridized carbons (Fsp3) is 0.389. The lowest BCUT2D eigenvalue weighted by Gasteiger charge is -2.19. The van der Waals surface area contributed by atoms with Crippen molar-refractivity contribution in [3.8, 4) is 0 Å². The predicted octanol–water partition coefficient (Wildman–Crippen LogP) is 2.69. The molecule has 1 N–H and O–H groups in total.